The van der Waals surface area contributed by atoms with Crippen LogP contribution in [0.15, 0.2) is 30.3 Å². The number of benzene rings is 1. The van der Waals surface area contributed by atoms with Gasteiger partial charge in [-0.15, -0.1) is 0 Å². The van der Waals surface area contributed by atoms with Crippen molar-refractivity contribution in [2.45, 2.75) is 19.9 Å². The van der Waals surface area contributed by atoms with Crippen LogP contribution in [0, 0.1) is 5.92 Å². The van der Waals surface area contributed by atoms with Crippen LogP contribution in [0.5, 0.6) is 0 Å². The normalized spacial score (nSPS) is 13.9. The Hall–Kier alpha value is -1.39. The number of esters is 1. The number of carbonyl (C=O) groups excluding carboxylic acids is 1. The fourth-order valence-corrected chi connectivity index (χ4v) is 1.59. The maximum absolute atomic E-state index is 11.9. The molecular weight excluding hydrogens is 230 g/mol. The lowest BCUT2D eigenvalue weighted by atomic mass is 10.1. The second kappa shape index (κ2) is 7.84. The van der Waals surface area contributed by atoms with Gasteiger partial charge in [-0.05, 0) is 18.4 Å². The highest BCUT2D eigenvalue weighted by atomic mass is 16.5. The summed E-state index contributed by atoms with van der Waals surface area (Å²) in [6.07, 6.45) is 0. The van der Waals surface area contributed by atoms with Gasteiger partial charge in [0.1, 0.15) is 6.04 Å². The second-order valence-electron chi connectivity index (χ2n) is 4.29. The average Bonchev–Trinajstić information content (AvgIpc) is 2.40. The highest BCUT2D eigenvalue weighted by molar-refractivity contribution is 5.77. The Morgan fingerprint density at radius 3 is 2.61 bits per heavy atom. The van der Waals surface area contributed by atoms with Gasteiger partial charge in [-0.2, -0.15) is 0 Å². The molecule has 0 saturated heterocycles. The van der Waals surface area contributed by atoms with E-state index in [1.165, 1.54) is 0 Å². The predicted octanol–water partition coefficient (Wildman–Crippen LogP) is 1.51. The Labute approximate surface area is 108 Å². The number of carbonyl (C=O) groups is 1. The van der Waals surface area contributed by atoms with Crippen molar-refractivity contribution in [2.24, 2.45) is 5.92 Å². The summed E-state index contributed by atoms with van der Waals surface area (Å²) < 4.78 is 5.06. The molecule has 4 nitrogen and oxygen atoms in total. The molecule has 2 unspecified atom stereocenters. The summed E-state index contributed by atoms with van der Waals surface area (Å²) in [5, 5.41) is 12.1. The minimum Gasteiger partial charge on any atom is -0.465 e. The fourth-order valence-electron chi connectivity index (χ4n) is 1.59. The number of hydrogen-bond acceptors (Lipinski definition) is 4. The molecule has 1 aromatic carbocycles. The van der Waals surface area contributed by atoms with E-state index in [1.807, 2.05) is 37.3 Å². The van der Waals surface area contributed by atoms with Crippen LogP contribution in [0.4, 0.5) is 0 Å². The molecule has 0 aliphatic heterocycles. The molecule has 4 heteroatoms. The third kappa shape index (κ3) is 4.47. The molecule has 2 N–H and O–H groups in total. The maximum atomic E-state index is 11.9. The van der Waals surface area contributed by atoms with Gasteiger partial charge in [-0.1, -0.05) is 37.3 Å². The van der Waals surface area contributed by atoms with Crippen molar-refractivity contribution in [1.82, 2.24) is 5.32 Å². The molecule has 0 fully saturated rings. The standard InChI is InChI=1S/C14H21NO3/c1-3-18-14(17)13(15-9-11(2)10-16)12-7-5-4-6-8-12/h4-8,11,13,15-16H,3,9-10H2,1-2H3. The SMILES string of the molecule is CCOC(=O)C(NCC(C)CO)c1ccccc1. The summed E-state index contributed by atoms with van der Waals surface area (Å²) in [5.41, 5.74) is 0.876. The molecule has 0 heterocycles. The highest BCUT2D eigenvalue weighted by Crippen LogP contribution is 2.14. The molecule has 1 aromatic rings. The summed E-state index contributed by atoms with van der Waals surface area (Å²) in [5.74, 6) is -0.181. The molecule has 0 aliphatic carbocycles. The van der Waals surface area contributed by atoms with Crippen molar-refractivity contribution < 1.29 is 14.6 Å². The number of rotatable bonds is 7. The summed E-state index contributed by atoms with van der Waals surface area (Å²) >= 11 is 0. The number of aliphatic hydroxyl groups excluding tert-OH is 1. The molecule has 1 rings (SSSR count). The van der Waals surface area contributed by atoms with Gasteiger partial charge in [-0.25, -0.2) is 4.79 Å². The lowest BCUT2D eigenvalue weighted by Gasteiger charge is -2.19. The molecule has 0 radical (unpaired) electrons. The molecule has 0 aliphatic rings. The van der Waals surface area contributed by atoms with Crippen molar-refractivity contribution in [2.75, 3.05) is 19.8 Å². The Kier molecular flexibility index (Phi) is 6.39. The van der Waals surface area contributed by atoms with Crippen molar-refractivity contribution in [3.05, 3.63) is 35.9 Å². The highest BCUT2D eigenvalue weighted by Gasteiger charge is 2.21. The average molecular weight is 251 g/mol. The van der Waals surface area contributed by atoms with E-state index in [9.17, 15) is 4.79 Å². The summed E-state index contributed by atoms with van der Waals surface area (Å²) in [7, 11) is 0. The monoisotopic (exact) mass is 251 g/mol. The van der Waals surface area contributed by atoms with Crippen molar-refractivity contribution >= 4 is 5.97 Å². The number of nitrogens with one attached hydrogen (secondary N) is 1. The Morgan fingerprint density at radius 2 is 2.06 bits per heavy atom. The minimum atomic E-state index is -0.472. The van der Waals surface area contributed by atoms with Crippen LogP contribution in [0.2, 0.25) is 0 Å². The Balaban J connectivity index is 2.72. The third-order valence-corrected chi connectivity index (χ3v) is 2.64. The van der Waals surface area contributed by atoms with Crippen molar-refractivity contribution in [3.63, 3.8) is 0 Å². The molecule has 0 bridgehead atoms. The van der Waals surface area contributed by atoms with Crippen LogP contribution >= 0.6 is 0 Å². The molecule has 0 amide bonds. The van der Waals surface area contributed by atoms with Gasteiger partial charge >= 0.3 is 5.97 Å². The zero-order chi connectivity index (χ0) is 13.4. The first-order valence-electron chi connectivity index (χ1n) is 6.24. The number of ether oxygens (including phenoxy) is 1. The summed E-state index contributed by atoms with van der Waals surface area (Å²) in [4.78, 5) is 11.9. The van der Waals surface area contributed by atoms with Crippen LogP contribution in [0.25, 0.3) is 0 Å². The first-order chi connectivity index (χ1) is 8.69. The fraction of sp³-hybridized carbons (Fsp3) is 0.500. The van der Waals surface area contributed by atoms with E-state index >= 15 is 0 Å². The summed E-state index contributed by atoms with van der Waals surface area (Å²) in [6, 6.07) is 8.98. The number of hydrogen-bond donors (Lipinski definition) is 2. The van der Waals surface area contributed by atoms with Crippen LogP contribution in [-0.4, -0.2) is 30.8 Å². The van der Waals surface area contributed by atoms with Crippen molar-refractivity contribution in [3.8, 4) is 0 Å². The molecule has 0 spiro atoms. The second-order valence-corrected chi connectivity index (χ2v) is 4.29. The molecule has 100 valence electrons. The quantitative estimate of drug-likeness (QED) is 0.721. The van der Waals surface area contributed by atoms with Crippen LogP contribution in [0.1, 0.15) is 25.5 Å². The smallest absolute Gasteiger partial charge is 0.327 e. The van der Waals surface area contributed by atoms with Gasteiger partial charge in [0.15, 0.2) is 0 Å². The van der Waals surface area contributed by atoms with Gasteiger partial charge in [0, 0.05) is 13.2 Å². The lowest BCUT2D eigenvalue weighted by molar-refractivity contribution is -0.145. The van der Waals surface area contributed by atoms with Gasteiger partial charge in [0.25, 0.3) is 0 Å². The number of aliphatic hydroxyl groups is 1. The molecule has 2 atom stereocenters. The zero-order valence-electron chi connectivity index (χ0n) is 10.9. The van der Waals surface area contributed by atoms with Gasteiger partial charge in [0.05, 0.1) is 6.61 Å². The Morgan fingerprint density at radius 1 is 1.39 bits per heavy atom. The van der Waals surface area contributed by atoms with E-state index in [1.54, 1.807) is 6.92 Å². The van der Waals surface area contributed by atoms with E-state index in [0.29, 0.717) is 13.2 Å². The van der Waals surface area contributed by atoms with Gasteiger partial charge in [0.2, 0.25) is 0 Å². The van der Waals surface area contributed by atoms with E-state index in [0.717, 1.165) is 5.56 Å². The maximum Gasteiger partial charge on any atom is 0.327 e. The lowest BCUT2D eigenvalue weighted by Crippen LogP contribution is -2.34. The zero-order valence-corrected chi connectivity index (χ0v) is 10.9. The summed E-state index contributed by atoms with van der Waals surface area (Å²) in [6.45, 7) is 4.72. The molecule has 0 aromatic heterocycles. The van der Waals surface area contributed by atoms with E-state index < -0.39 is 6.04 Å². The van der Waals surface area contributed by atoms with Gasteiger partial charge < -0.3 is 15.2 Å². The minimum absolute atomic E-state index is 0.0946. The van der Waals surface area contributed by atoms with Crippen LogP contribution in [0.3, 0.4) is 0 Å². The first kappa shape index (κ1) is 14.7. The third-order valence-electron chi connectivity index (χ3n) is 2.64. The van der Waals surface area contributed by atoms with Gasteiger partial charge in [-0.3, -0.25) is 0 Å². The van der Waals surface area contributed by atoms with E-state index in [4.69, 9.17) is 9.84 Å². The predicted molar refractivity (Wildman–Crippen MR) is 70.1 cm³/mol. The van der Waals surface area contributed by atoms with Crippen molar-refractivity contribution in [1.29, 1.82) is 0 Å². The topological polar surface area (TPSA) is 58.6 Å². The van der Waals surface area contributed by atoms with E-state index in [-0.39, 0.29) is 18.5 Å². The molecular formula is C14H21NO3. The largest absolute Gasteiger partial charge is 0.465 e. The molecule has 18 heavy (non-hydrogen) atoms. The van der Waals surface area contributed by atoms with E-state index in [2.05, 4.69) is 5.32 Å². The Bertz CT molecular complexity index is 353. The van der Waals surface area contributed by atoms with Crippen LogP contribution < -0.4 is 5.32 Å². The molecule has 0 saturated carbocycles. The van der Waals surface area contributed by atoms with Crippen LogP contribution in [-0.2, 0) is 9.53 Å². The first-order valence-corrected chi connectivity index (χ1v) is 6.24.